The van der Waals surface area contributed by atoms with E-state index in [4.69, 9.17) is 9.47 Å². The first-order valence-corrected chi connectivity index (χ1v) is 7.11. The number of methoxy groups -OCH3 is 1. The summed E-state index contributed by atoms with van der Waals surface area (Å²) in [5, 5.41) is 14.0. The minimum atomic E-state index is -0.600. The Morgan fingerprint density at radius 1 is 1.32 bits per heavy atom. The van der Waals surface area contributed by atoms with Gasteiger partial charge in [0.1, 0.15) is 5.56 Å². The highest BCUT2D eigenvalue weighted by Crippen LogP contribution is 2.34. The topological polar surface area (TPSA) is 90.7 Å². The predicted molar refractivity (Wildman–Crippen MR) is 82.6 cm³/mol. The Labute approximate surface area is 129 Å². The molecule has 7 nitrogen and oxygen atoms in total. The Bertz CT molecular complexity index is 557. The van der Waals surface area contributed by atoms with E-state index in [1.54, 1.807) is 6.92 Å². The standard InChI is InChI=1S/C15H22N2O5/c1-6-22-14-8-12(17(19)20)11(7-13(14)21-5)15(18)16-10(4)9(2)3/h7-10H,6H2,1-5H3,(H,16,18). The van der Waals surface area contributed by atoms with Crippen LogP contribution in [0.25, 0.3) is 0 Å². The van der Waals surface area contributed by atoms with Crippen LogP contribution >= 0.6 is 0 Å². The molecule has 1 N–H and O–H groups in total. The summed E-state index contributed by atoms with van der Waals surface area (Å²) in [5.41, 5.74) is -0.351. The van der Waals surface area contributed by atoms with Crippen molar-refractivity contribution < 1.29 is 19.2 Å². The van der Waals surface area contributed by atoms with Gasteiger partial charge in [-0.3, -0.25) is 14.9 Å². The lowest BCUT2D eigenvalue weighted by atomic mass is 10.1. The van der Waals surface area contributed by atoms with Gasteiger partial charge < -0.3 is 14.8 Å². The van der Waals surface area contributed by atoms with E-state index in [-0.39, 0.29) is 34.7 Å². The van der Waals surface area contributed by atoms with Gasteiger partial charge in [-0.2, -0.15) is 0 Å². The molecule has 1 atom stereocenters. The number of hydrogen-bond donors (Lipinski definition) is 1. The Kier molecular flexibility index (Phi) is 6.15. The van der Waals surface area contributed by atoms with Crippen molar-refractivity contribution in [3.05, 3.63) is 27.8 Å². The van der Waals surface area contributed by atoms with E-state index in [1.165, 1.54) is 19.2 Å². The smallest absolute Gasteiger partial charge is 0.286 e. The predicted octanol–water partition coefficient (Wildman–Crippen LogP) is 2.78. The fraction of sp³-hybridized carbons (Fsp3) is 0.533. The minimum Gasteiger partial charge on any atom is -0.493 e. The summed E-state index contributed by atoms with van der Waals surface area (Å²) in [6, 6.07) is 2.45. The zero-order chi connectivity index (χ0) is 16.9. The molecule has 0 saturated carbocycles. The highest BCUT2D eigenvalue weighted by atomic mass is 16.6. The van der Waals surface area contributed by atoms with Gasteiger partial charge in [0.15, 0.2) is 11.5 Å². The second-order valence-corrected chi connectivity index (χ2v) is 5.22. The molecular formula is C15H22N2O5. The molecule has 122 valence electrons. The van der Waals surface area contributed by atoms with Crippen LogP contribution in [-0.2, 0) is 0 Å². The average Bonchev–Trinajstić information content (AvgIpc) is 2.46. The van der Waals surface area contributed by atoms with Gasteiger partial charge in [0.05, 0.1) is 24.7 Å². The molecule has 0 aliphatic carbocycles. The molecule has 1 unspecified atom stereocenters. The molecule has 0 aliphatic heterocycles. The Balaban J connectivity index is 3.27. The summed E-state index contributed by atoms with van der Waals surface area (Å²) >= 11 is 0. The molecule has 7 heteroatoms. The zero-order valence-electron chi connectivity index (χ0n) is 13.5. The number of nitrogens with one attached hydrogen (secondary N) is 1. The van der Waals surface area contributed by atoms with Crippen molar-refractivity contribution >= 4 is 11.6 Å². The second-order valence-electron chi connectivity index (χ2n) is 5.22. The largest absolute Gasteiger partial charge is 0.493 e. The lowest BCUT2D eigenvalue weighted by Crippen LogP contribution is -2.36. The summed E-state index contributed by atoms with van der Waals surface area (Å²) in [6.45, 7) is 7.86. The third kappa shape index (κ3) is 4.09. The van der Waals surface area contributed by atoms with Gasteiger partial charge in [-0.1, -0.05) is 13.8 Å². The molecule has 1 amide bonds. The van der Waals surface area contributed by atoms with E-state index in [9.17, 15) is 14.9 Å². The minimum absolute atomic E-state index is 0.0437. The quantitative estimate of drug-likeness (QED) is 0.617. The highest BCUT2D eigenvalue weighted by Gasteiger charge is 2.25. The number of rotatable bonds is 7. The molecule has 0 spiro atoms. The Hall–Kier alpha value is -2.31. The molecule has 0 radical (unpaired) electrons. The first-order valence-electron chi connectivity index (χ1n) is 7.11. The molecule has 1 aromatic rings. The van der Waals surface area contributed by atoms with Crippen molar-refractivity contribution in [1.82, 2.24) is 5.32 Å². The zero-order valence-corrected chi connectivity index (χ0v) is 13.5. The van der Waals surface area contributed by atoms with Gasteiger partial charge in [-0.15, -0.1) is 0 Å². The number of carbonyl (C=O) groups is 1. The van der Waals surface area contributed by atoms with Crippen LogP contribution in [0, 0.1) is 16.0 Å². The molecule has 22 heavy (non-hydrogen) atoms. The lowest BCUT2D eigenvalue weighted by molar-refractivity contribution is -0.385. The monoisotopic (exact) mass is 310 g/mol. The maximum Gasteiger partial charge on any atom is 0.286 e. The lowest BCUT2D eigenvalue weighted by Gasteiger charge is -2.18. The Morgan fingerprint density at radius 2 is 1.95 bits per heavy atom. The van der Waals surface area contributed by atoms with E-state index >= 15 is 0 Å². The number of amides is 1. The van der Waals surface area contributed by atoms with Crippen LogP contribution in [0.4, 0.5) is 5.69 Å². The number of carbonyl (C=O) groups excluding carboxylic acids is 1. The normalized spacial score (nSPS) is 11.9. The van der Waals surface area contributed by atoms with Crippen LogP contribution in [0.1, 0.15) is 38.1 Å². The Morgan fingerprint density at radius 3 is 2.41 bits per heavy atom. The molecule has 0 aromatic heterocycles. The first-order chi connectivity index (χ1) is 10.3. The summed E-state index contributed by atoms with van der Waals surface area (Å²) in [5.74, 6) is 0.238. The van der Waals surface area contributed by atoms with Gasteiger partial charge in [0.25, 0.3) is 11.6 Å². The van der Waals surface area contributed by atoms with Crippen LogP contribution in [-0.4, -0.2) is 30.6 Å². The van der Waals surface area contributed by atoms with Gasteiger partial charge in [0, 0.05) is 12.1 Å². The summed E-state index contributed by atoms with van der Waals surface area (Å²) in [6.07, 6.45) is 0. The molecule has 1 aromatic carbocycles. The molecule has 1 rings (SSSR count). The fourth-order valence-corrected chi connectivity index (χ4v) is 1.76. The van der Waals surface area contributed by atoms with Crippen molar-refractivity contribution in [2.75, 3.05) is 13.7 Å². The van der Waals surface area contributed by atoms with Crippen molar-refractivity contribution in [2.24, 2.45) is 5.92 Å². The summed E-state index contributed by atoms with van der Waals surface area (Å²) in [7, 11) is 1.42. The van der Waals surface area contributed by atoms with Crippen LogP contribution in [0.2, 0.25) is 0 Å². The van der Waals surface area contributed by atoms with E-state index in [0.717, 1.165) is 0 Å². The molecule has 0 saturated heterocycles. The molecule has 0 heterocycles. The van der Waals surface area contributed by atoms with Crippen molar-refractivity contribution in [2.45, 2.75) is 33.7 Å². The average molecular weight is 310 g/mol. The van der Waals surface area contributed by atoms with Crippen LogP contribution in [0.3, 0.4) is 0 Å². The highest BCUT2D eigenvalue weighted by molar-refractivity contribution is 5.99. The number of nitro benzene ring substituents is 1. The van der Waals surface area contributed by atoms with Crippen LogP contribution in [0.5, 0.6) is 11.5 Å². The summed E-state index contributed by atoms with van der Waals surface area (Å²) < 4.78 is 10.5. The summed E-state index contributed by atoms with van der Waals surface area (Å²) in [4.78, 5) is 22.9. The second kappa shape index (κ2) is 7.63. The SMILES string of the molecule is CCOc1cc([N+](=O)[O-])c(C(=O)NC(C)C(C)C)cc1OC. The van der Waals surface area contributed by atoms with E-state index in [2.05, 4.69) is 5.32 Å². The molecule has 0 aliphatic rings. The van der Waals surface area contributed by atoms with Crippen molar-refractivity contribution in [3.8, 4) is 11.5 Å². The number of ether oxygens (including phenoxy) is 2. The fourth-order valence-electron chi connectivity index (χ4n) is 1.76. The van der Waals surface area contributed by atoms with Crippen molar-refractivity contribution in [1.29, 1.82) is 0 Å². The van der Waals surface area contributed by atoms with Gasteiger partial charge in [-0.25, -0.2) is 0 Å². The first kappa shape index (κ1) is 17.7. The third-order valence-electron chi connectivity index (χ3n) is 3.38. The van der Waals surface area contributed by atoms with Crippen molar-refractivity contribution in [3.63, 3.8) is 0 Å². The van der Waals surface area contributed by atoms with Gasteiger partial charge in [-0.05, 0) is 19.8 Å². The van der Waals surface area contributed by atoms with Crippen LogP contribution < -0.4 is 14.8 Å². The number of benzene rings is 1. The molecule has 0 bridgehead atoms. The van der Waals surface area contributed by atoms with E-state index in [1.807, 2.05) is 20.8 Å². The van der Waals surface area contributed by atoms with E-state index in [0.29, 0.717) is 6.61 Å². The maximum absolute atomic E-state index is 12.3. The van der Waals surface area contributed by atoms with Crippen LogP contribution in [0.15, 0.2) is 12.1 Å². The number of hydrogen-bond acceptors (Lipinski definition) is 5. The number of nitrogens with zero attached hydrogens (tertiary/aromatic N) is 1. The van der Waals surface area contributed by atoms with Gasteiger partial charge in [0.2, 0.25) is 0 Å². The maximum atomic E-state index is 12.3. The third-order valence-corrected chi connectivity index (χ3v) is 3.38. The van der Waals surface area contributed by atoms with E-state index < -0.39 is 10.8 Å². The van der Waals surface area contributed by atoms with Gasteiger partial charge >= 0.3 is 0 Å². The number of nitro groups is 1. The molecular weight excluding hydrogens is 288 g/mol. The molecule has 0 fully saturated rings.